The second-order valence-electron chi connectivity index (χ2n) is 3.45. The quantitative estimate of drug-likeness (QED) is 0.909. The van der Waals surface area contributed by atoms with Gasteiger partial charge in [-0.05, 0) is 39.7 Å². The van der Waals surface area contributed by atoms with Gasteiger partial charge in [0.1, 0.15) is 11.9 Å². The van der Waals surface area contributed by atoms with Crippen LogP contribution in [0.4, 0.5) is 0 Å². The van der Waals surface area contributed by atoms with Gasteiger partial charge in [0.25, 0.3) is 0 Å². The lowest BCUT2D eigenvalue weighted by atomic mass is 10.1. The van der Waals surface area contributed by atoms with Gasteiger partial charge in [-0.1, -0.05) is 34.1 Å². The third-order valence-electron chi connectivity index (χ3n) is 2.29. The minimum atomic E-state index is -0.620. The van der Waals surface area contributed by atoms with Gasteiger partial charge in [0.2, 0.25) is 0 Å². The number of hydrogen-bond donors (Lipinski definition) is 1. The summed E-state index contributed by atoms with van der Waals surface area (Å²) in [6, 6.07) is 11.4. The SMILES string of the molecule is OC(Cc1ccccc1Br)c1ccc(Br)o1. The van der Waals surface area contributed by atoms with E-state index in [-0.39, 0.29) is 0 Å². The lowest BCUT2D eigenvalue weighted by molar-refractivity contribution is 0.148. The second-order valence-corrected chi connectivity index (χ2v) is 5.09. The van der Waals surface area contributed by atoms with Crippen molar-refractivity contribution in [2.75, 3.05) is 0 Å². The summed E-state index contributed by atoms with van der Waals surface area (Å²) in [5.41, 5.74) is 1.06. The predicted molar refractivity (Wildman–Crippen MR) is 69.2 cm³/mol. The summed E-state index contributed by atoms with van der Waals surface area (Å²) < 4.78 is 6.94. The number of aliphatic hydroxyl groups is 1. The van der Waals surface area contributed by atoms with E-state index < -0.39 is 6.10 Å². The Morgan fingerprint density at radius 3 is 2.50 bits per heavy atom. The van der Waals surface area contributed by atoms with Crippen LogP contribution < -0.4 is 0 Å². The van der Waals surface area contributed by atoms with Gasteiger partial charge in [-0.2, -0.15) is 0 Å². The monoisotopic (exact) mass is 344 g/mol. The molecule has 1 aromatic heterocycles. The third-order valence-corrected chi connectivity index (χ3v) is 3.49. The molecule has 0 fully saturated rings. The van der Waals surface area contributed by atoms with Crippen molar-refractivity contribution in [3.63, 3.8) is 0 Å². The molecule has 2 nitrogen and oxygen atoms in total. The maximum atomic E-state index is 9.98. The fourth-order valence-corrected chi connectivity index (χ4v) is 2.25. The lowest BCUT2D eigenvalue weighted by Crippen LogP contribution is -2.00. The van der Waals surface area contributed by atoms with Crippen LogP contribution in [0.15, 0.2) is 50.0 Å². The summed E-state index contributed by atoms with van der Waals surface area (Å²) in [6.45, 7) is 0. The molecule has 2 aromatic rings. The molecule has 0 saturated carbocycles. The smallest absolute Gasteiger partial charge is 0.169 e. The van der Waals surface area contributed by atoms with E-state index >= 15 is 0 Å². The lowest BCUT2D eigenvalue weighted by Gasteiger charge is -2.09. The van der Waals surface area contributed by atoms with Gasteiger partial charge in [0.05, 0.1) is 0 Å². The Balaban J connectivity index is 2.13. The van der Waals surface area contributed by atoms with Gasteiger partial charge in [-0.25, -0.2) is 0 Å². The molecule has 2 rings (SSSR count). The number of furan rings is 1. The van der Waals surface area contributed by atoms with Crippen LogP contribution in [0.5, 0.6) is 0 Å². The molecule has 1 heterocycles. The van der Waals surface area contributed by atoms with Crippen molar-refractivity contribution in [3.8, 4) is 0 Å². The van der Waals surface area contributed by atoms with Gasteiger partial charge in [-0.3, -0.25) is 0 Å². The average Bonchev–Trinajstić information content (AvgIpc) is 2.68. The highest BCUT2D eigenvalue weighted by atomic mass is 79.9. The topological polar surface area (TPSA) is 33.4 Å². The molecule has 16 heavy (non-hydrogen) atoms. The zero-order chi connectivity index (χ0) is 11.5. The number of halogens is 2. The molecule has 0 bridgehead atoms. The van der Waals surface area contributed by atoms with Crippen LogP contribution in [0.3, 0.4) is 0 Å². The van der Waals surface area contributed by atoms with Crippen LogP contribution in [0.25, 0.3) is 0 Å². The molecule has 1 aromatic carbocycles. The van der Waals surface area contributed by atoms with E-state index in [4.69, 9.17) is 4.42 Å². The Morgan fingerprint density at radius 2 is 1.88 bits per heavy atom. The van der Waals surface area contributed by atoms with E-state index in [0.717, 1.165) is 10.0 Å². The minimum absolute atomic E-state index is 0.529. The normalized spacial score (nSPS) is 12.7. The standard InChI is InChI=1S/C12H10Br2O2/c13-9-4-2-1-3-8(9)7-10(15)11-5-6-12(14)16-11/h1-6,10,15H,7H2. The third kappa shape index (κ3) is 2.75. The molecule has 0 aliphatic heterocycles. The molecule has 4 heteroatoms. The number of hydrogen-bond acceptors (Lipinski definition) is 2. The van der Waals surface area contributed by atoms with Crippen LogP contribution in [-0.2, 0) is 6.42 Å². The van der Waals surface area contributed by atoms with Crippen LogP contribution in [0.1, 0.15) is 17.4 Å². The summed E-state index contributed by atoms with van der Waals surface area (Å²) in [5, 5.41) is 9.98. The second kappa shape index (κ2) is 5.17. The van der Waals surface area contributed by atoms with E-state index in [2.05, 4.69) is 31.9 Å². The molecule has 84 valence electrons. The summed E-state index contributed by atoms with van der Waals surface area (Å²) >= 11 is 6.66. The van der Waals surface area contributed by atoms with Crippen molar-refractivity contribution in [2.24, 2.45) is 0 Å². The molecule has 0 aliphatic rings. The maximum Gasteiger partial charge on any atom is 0.169 e. The fourth-order valence-electron chi connectivity index (χ4n) is 1.48. The van der Waals surface area contributed by atoms with E-state index in [1.165, 1.54) is 0 Å². The van der Waals surface area contributed by atoms with Crippen molar-refractivity contribution >= 4 is 31.9 Å². The van der Waals surface area contributed by atoms with Crippen molar-refractivity contribution in [1.82, 2.24) is 0 Å². The van der Waals surface area contributed by atoms with Gasteiger partial charge >= 0.3 is 0 Å². The highest BCUT2D eigenvalue weighted by molar-refractivity contribution is 9.10. The Kier molecular flexibility index (Phi) is 3.84. The average molecular weight is 346 g/mol. The Hall–Kier alpha value is -0.580. The largest absolute Gasteiger partial charge is 0.452 e. The molecule has 1 unspecified atom stereocenters. The first-order valence-electron chi connectivity index (χ1n) is 4.83. The van der Waals surface area contributed by atoms with Crippen LogP contribution in [0, 0.1) is 0 Å². The summed E-state index contributed by atoms with van der Waals surface area (Å²) in [5.74, 6) is 0.572. The van der Waals surface area contributed by atoms with Gasteiger partial charge in [-0.15, -0.1) is 0 Å². The molecular weight excluding hydrogens is 336 g/mol. The molecule has 1 atom stereocenters. The highest BCUT2D eigenvalue weighted by Crippen LogP contribution is 2.26. The molecule has 0 radical (unpaired) electrons. The zero-order valence-corrected chi connectivity index (χ0v) is 11.5. The molecular formula is C12H10Br2O2. The van der Waals surface area contributed by atoms with E-state index in [1.807, 2.05) is 24.3 Å². The number of benzene rings is 1. The molecule has 0 spiro atoms. The van der Waals surface area contributed by atoms with Crippen LogP contribution in [-0.4, -0.2) is 5.11 Å². The van der Waals surface area contributed by atoms with Crippen molar-refractivity contribution < 1.29 is 9.52 Å². The molecule has 1 N–H and O–H groups in total. The first-order valence-corrected chi connectivity index (χ1v) is 6.42. The van der Waals surface area contributed by atoms with Crippen molar-refractivity contribution in [2.45, 2.75) is 12.5 Å². The Morgan fingerprint density at radius 1 is 1.12 bits per heavy atom. The van der Waals surface area contributed by atoms with Gasteiger partial charge < -0.3 is 9.52 Å². The zero-order valence-electron chi connectivity index (χ0n) is 8.36. The Labute approximate surface area is 111 Å². The van der Waals surface area contributed by atoms with E-state index in [9.17, 15) is 5.11 Å². The van der Waals surface area contributed by atoms with Gasteiger partial charge in [0, 0.05) is 10.9 Å². The summed E-state index contributed by atoms with van der Waals surface area (Å²) in [7, 11) is 0. The molecule has 0 amide bonds. The van der Waals surface area contributed by atoms with Crippen LogP contribution >= 0.6 is 31.9 Å². The number of aliphatic hydroxyl groups excluding tert-OH is 1. The predicted octanol–water partition coefficient (Wildman–Crippen LogP) is 4.08. The summed E-state index contributed by atoms with van der Waals surface area (Å²) in [4.78, 5) is 0. The van der Waals surface area contributed by atoms with Crippen molar-refractivity contribution in [3.05, 3.63) is 56.9 Å². The van der Waals surface area contributed by atoms with E-state index in [0.29, 0.717) is 16.9 Å². The number of rotatable bonds is 3. The fraction of sp³-hybridized carbons (Fsp3) is 0.167. The summed E-state index contributed by atoms with van der Waals surface area (Å²) in [6.07, 6.45) is -0.0912. The highest BCUT2D eigenvalue weighted by Gasteiger charge is 2.13. The van der Waals surface area contributed by atoms with E-state index in [1.54, 1.807) is 12.1 Å². The first kappa shape index (κ1) is 11.9. The van der Waals surface area contributed by atoms with Crippen molar-refractivity contribution in [1.29, 1.82) is 0 Å². The minimum Gasteiger partial charge on any atom is -0.452 e. The molecule has 0 aliphatic carbocycles. The molecule has 0 saturated heterocycles. The maximum absolute atomic E-state index is 9.98. The van der Waals surface area contributed by atoms with Crippen LogP contribution in [0.2, 0.25) is 0 Å². The van der Waals surface area contributed by atoms with Gasteiger partial charge in [0.15, 0.2) is 4.67 Å². The first-order chi connectivity index (χ1) is 7.66. The Bertz CT molecular complexity index is 479.